The fraction of sp³-hybridized carbons (Fsp3) is 0.533. The Kier molecular flexibility index (Phi) is 3.60. The average molecular weight is 234 g/mol. The summed E-state index contributed by atoms with van der Waals surface area (Å²) in [5.74, 6) is 0.649. The van der Waals surface area contributed by atoms with Gasteiger partial charge in [-0.05, 0) is 43.4 Å². The van der Waals surface area contributed by atoms with Gasteiger partial charge >= 0.3 is 0 Å². The van der Waals surface area contributed by atoms with Crippen molar-refractivity contribution in [1.29, 1.82) is 0 Å². The molecule has 1 aliphatic carbocycles. The lowest BCUT2D eigenvalue weighted by Gasteiger charge is -2.25. The SMILES string of the molecule is Cc1ccc(F)cc1C(=O)C1CCC(C)CC1. The number of rotatable bonds is 2. The van der Waals surface area contributed by atoms with Gasteiger partial charge in [-0.3, -0.25) is 4.79 Å². The zero-order valence-corrected chi connectivity index (χ0v) is 10.5. The number of hydrogen-bond acceptors (Lipinski definition) is 1. The second-order valence-corrected chi connectivity index (χ2v) is 5.28. The first-order chi connectivity index (χ1) is 8.08. The first kappa shape index (κ1) is 12.3. The van der Waals surface area contributed by atoms with Gasteiger partial charge in [0.05, 0.1) is 0 Å². The van der Waals surface area contributed by atoms with E-state index in [0.717, 1.165) is 37.2 Å². The monoisotopic (exact) mass is 234 g/mol. The second kappa shape index (κ2) is 4.99. The van der Waals surface area contributed by atoms with E-state index < -0.39 is 0 Å². The van der Waals surface area contributed by atoms with E-state index in [1.807, 2.05) is 6.92 Å². The van der Waals surface area contributed by atoms with Crippen LogP contribution in [0.25, 0.3) is 0 Å². The Labute approximate surface area is 102 Å². The smallest absolute Gasteiger partial charge is 0.166 e. The van der Waals surface area contributed by atoms with Gasteiger partial charge in [-0.25, -0.2) is 4.39 Å². The van der Waals surface area contributed by atoms with Crippen molar-refractivity contribution in [2.45, 2.75) is 39.5 Å². The number of hydrogen-bond donors (Lipinski definition) is 0. The molecule has 1 aliphatic rings. The number of Topliss-reactive ketones (excluding diaryl/α,β-unsaturated/α-hetero) is 1. The minimum atomic E-state index is -0.317. The summed E-state index contributed by atoms with van der Waals surface area (Å²) in [6, 6.07) is 4.48. The lowest BCUT2D eigenvalue weighted by molar-refractivity contribution is 0.0874. The summed E-state index contributed by atoms with van der Waals surface area (Å²) in [4.78, 5) is 12.3. The first-order valence-electron chi connectivity index (χ1n) is 6.38. The van der Waals surface area contributed by atoms with Gasteiger partial charge in [0.2, 0.25) is 0 Å². The van der Waals surface area contributed by atoms with Gasteiger partial charge in [-0.15, -0.1) is 0 Å². The Morgan fingerprint density at radius 3 is 2.53 bits per heavy atom. The maximum atomic E-state index is 13.2. The van der Waals surface area contributed by atoms with E-state index in [1.54, 1.807) is 6.07 Å². The van der Waals surface area contributed by atoms with Crippen LogP contribution in [-0.4, -0.2) is 5.78 Å². The molecule has 0 aliphatic heterocycles. The van der Waals surface area contributed by atoms with Crippen molar-refractivity contribution in [1.82, 2.24) is 0 Å². The van der Waals surface area contributed by atoms with Crippen LogP contribution in [-0.2, 0) is 0 Å². The molecular weight excluding hydrogens is 215 g/mol. The van der Waals surface area contributed by atoms with Crippen LogP contribution in [0.5, 0.6) is 0 Å². The van der Waals surface area contributed by atoms with Crippen LogP contribution in [0.4, 0.5) is 4.39 Å². The van der Waals surface area contributed by atoms with Crippen LogP contribution in [0.15, 0.2) is 18.2 Å². The summed E-state index contributed by atoms with van der Waals surface area (Å²) < 4.78 is 13.2. The summed E-state index contributed by atoms with van der Waals surface area (Å²) in [5.41, 5.74) is 1.46. The molecule has 2 rings (SSSR count). The molecule has 0 spiro atoms. The topological polar surface area (TPSA) is 17.1 Å². The van der Waals surface area contributed by atoms with Crippen molar-refractivity contribution in [3.05, 3.63) is 35.1 Å². The molecule has 1 nitrogen and oxygen atoms in total. The summed E-state index contributed by atoms with van der Waals surface area (Å²) in [6.45, 7) is 4.10. The average Bonchev–Trinajstić information content (AvgIpc) is 2.32. The third kappa shape index (κ3) is 2.74. The minimum Gasteiger partial charge on any atom is -0.294 e. The molecule has 17 heavy (non-hydrogen) atoms. The standard InChI is InChI=1S/C15H19FO/c1-10-3-6-12(7-4-10)15(17)14-9-13(16)8-5-11(14)2/h5,8-10,12H,3-4,6-7H2,1-2H3. The molecule has 0 heterocycles. The van der Waals surface area contributed by atoms with E-state index >= 15 is 0 Å². The predicted octanol–water partition coefficient (Wildman–Crippen LogP) is 4.14. The van der Waals surface area contributed by atoms with E-state index in [4.69, 9.17) is 0 Å². The van der Waals surface area contributed by atoms with Crippen molar-refractivity contribution < 1.29 is 9.18 Å². The molecule has 0 N–H and O–H groups in total. The van der Waals surface area contributed by atoms with Gasteiger partial charge in [0.1, 0.15) is 5.82 Å². The van der Waals surface area contributed by atoms with Crippen LogP contribution in [0.2, 0.25) is 0 Å². The Hall–Kier alpha value is -1.18. The normalized spacial score (nSPS) is 24.6. The molecule has 0 atom stereocenters. The van der Waals surface area contributed by atoms with Gasteiger partial charge in [0, 0.05) is 11.5 Å². The molecule has 1 aromatic rings. The van der Waals surface area contributed by atoms with Gasteiger partial charge in [0.25, 0.3) is 0 Å². The Bertz CT molecular complexity index is 417. The number of aryl methyl sites for hydroxylation is 1. The largest absolute Gasteiger partial charge is 0.294 e. The second-order valence-electron chi connectivity index (χ2n) is 5.28. The van der Waals surface area contributed by atoms with Crippen molar-refractivity contribution in [2.75, 3.05) is 0 Å². The summed E-state index contributed by atoms with van der Waals surface area (Å²) >= 11 is 0. The van der Waals surface area contributed by atoms with Crippen LogP contribution in [0.1, 0.15) is 48.5 Å². The molecule has 0 bridgehead atoms. The number of ketones is 1. The fourth-order valence-electron chi connectivity index (χ4n) is 2.60. The molecule has 2 heteroatoms. The summed E-state index contributed by atoms with van der Waals surface area (Å²) in [6.07, 6.45) is 4.14. The summed E-state index contributed by atoms with van der Waals surface area (Å²) in [7, 11) is 0. The predicted molar refractivity (Wildman–Crippen MR) is 66.6 cm³/mol. The van der Waals surface area contributed by atoms with E-state index in [1.165, 1.54) is 12.1 Å². The molecule has 92 valence electrons. The van der Waals surface area contributed by atoms with Crippen LogP contribution < -0.4 is 0 Å². The van der Waals surface area contributed by atoms with Gasteiger partial charge in [-0.1, -0.05) is 25.8 Å². The molecule has 0 saturated heterocycles. The van der Waals surface area contributed by atoms with Crippen LogP contribution in [0, 0.1) is 24.6 Å². The number of carbonyl (C=O) groups is 1. The Balaban J connectivity index is 2.16. The van der Waals surface area contributed by atoms with Crippen molar-refractivity contribution in [2.24, 2.45) is 11.8 Å². The zero-order valence-electron chi connectivity index (χ0n) is 10.5. The maximum Gasteiger partial charge on any atom is 0.166 e. The molecule has 0 amide bonds. The molecule has 0 aromatic heterocycles. The lowest BCUT2D eigenvalue weighted by atomic mass is 9.79. The Morgan fingerprint density at radius 1 is 1.24 bits per heavy atom. The molecule has 1 saturated carbocycles. The van der Waals surface area contributed by atoms with E-state index in [-0.39, 0.29) is 17.5 Å². The molecule has 1 fully saturated rings. The van der Waals surface area contributed by atoms with Gasteiger partial charge < -0.3 is 0 Å². The highest BCUT2D eigenvalue weighted by Crippen LogP contribution is 2.31. The van der Waals surface area contributed by atoms with E-state index in [0.29, 0.717) is 5.56 Å². The zero-order chi connectivity index (χ0) is 12.4. The fourth-order valence-corrected chi connectivity index (χ4v) is 2.60. The highest BCUT2D eigenvalue weighted by Gasteiger charge is 2.26. The third-order valence-corrected chi connectivity index (χ3v) is 3.85. The van der Waals surface area contributed by atoms with Crippen LogP contribution >= 0.6 is 0 Å². The molecule has 0 radical (unpaired) electrons. The van der Waals surface area contributed by atoms with Crippen molar-refractivity contribution in [3.8, 4) is 0 Å². The van der Waals surface area contributed by atoms with Crippen LogP contribution in [0.3, 0.4) is 0 Å². The number of carbonyl (C=O) groups excluding carboxylic acids is 1. The highest BCUT2D eigenvalue weighted by molar-refractivity contribution is 5.99. The van der Waals surface area contributed by atoms with Crippen molar-refractivity contribution in [3.63, 3.8) is 0 Å². The number of benzene rings is 1. The van der Waals surface area contributed by atoms with E-state index in [9.17, 15) is 9.18 Å². The third-order valence-electron chi connectivity index (χ3n) is 3.85. The number of halogens is 1. The molecule has 0 unspecified atom stereocenters. The van der Waals surface area contributed by atoms with Gasteiger partial charge in [0.15, 0.2) is 5.78 Å². The minimum absolute atomic E-state index is 0.103. The van der Waals surface area contributed by atoms with E-state index in [2.05, 4.69) is 6.92 Å². The maximum absolute atomic E-state index is 13.2. The summed E-state index contributed by atoms with van der Waals surface area (Å²) in [5, 5.41) is 0. The highest BCUT2D eigenvalue weighted by atomic mass is 19.1. The van der Waals surface area contributed by atoms with Gasteiger partial charge in [-0.2, -0.15) is 0 Å². The van der Waals surface area contributed by atoms with Crippen molar-refractivity contribution >= 4 is 5.78 Å². The lowest BCUT2D eigenvalue weighted by Crippen LogP contribution is -2.21. The Morgan fingerprint density at radius 2 is 1.88 bits per heavy atom. The quantitative estimate of drug-likeness (QED) is 0.703. The molecular formula is C15H19FO. The molecule has 1 aromatic carbocycles. The first-order valence-corrected chi connectivity index (χ1v) is 6.38.